The molecule has 0 spiro atoms. The lowest BCUT2D eigenvalue weighted by Gasteiger charge is -2.12. The fraction of sp³-hybridized carbons (Fsp3) is 0.167. The van der Waals surface area contributed by atoms with Crippen LogP contribution in [0.5, 0.6) is 17.2 Å². The maximum Gasteiger partial charge on any atom is 0.203 e. The van der Waals surface area contributed by atoms with Crippen LogP contribution in [0.25, 0.3) is 23.1 Å². The van der Waals surface area contributed by atoms with Crippen LogP contribution in [0.3, 0.4) is 0 Å². The first-order valence-electron chi connectivity index (χ1n) is 11.4. The van der Waals surface area contributed by atoms with E-state index < -0.39 is 0 Å². The van der Waals surface area contributed by atoms with Crippen molar-refractivity contribution < 1.29 is 19.0 Å². The maximum absolute atomic E-state index is 12.7. The summed E-state index contributed by atoms with van der Waals surface area (Å²) < 4.78 is 18.2. The molecular weight excluding hydrogens is 438 g/mol. The third-order valence-electron chi connectivity index (χ3n) is 5.92. The zero-order valence-corrected chi connectivity index (χ0v) is 20.4. The number of para-hydroxylation sites is 1. The first-order valence-corrected chi connectivity index (χ1v) is 11.4. The predicted molar refractivity (Wildman–Crippen MR) is 142 cm³/mol. The Hall–Kier alpha value is -4.25. The van der Waals surface area contributed by atoms with Crippen molar-refractivity contribution in [1.82, 2.24) is 4.57 Å². The molecule has 0 amide bonds. The highest BCUT2D eigenvalue weighted by molar-refractivity contribution is 6.13. The topological polar surface area (TPSA) is 49.7 Å². The van der Waals surface area contributed by atoms with Gasteiger partial charge < -0.3 is 18.8 Å². The highest BCUT2D eigenvalue weighted by atomic mass is 16.5. The van der Waals surface area contributed by atoms with E-state index in [9.17, 15) is 4.79 Å². The molecule has 0 unspecified atom stereocenters. The highest BCUT2D eigenvalue weighted by Crippen LogP contribution is 2.38. The monoisotopic (exact) mass is 467 g/mol. The first-order chi connectivity index (χ1) is 17.0. The molecule has 178 valence electrons. The Balaban J connectivity index is 1.42. The normalized spacial score (nSPS) is 11.4. The van der Waals surface area contributed by atoms with E-state index in [-0.39, 0.29) is 5.78 Å². The summed E-state index contributed by atoms with van der Waals surface area (Å²) in [5, 5.41) is 0.980. The number of nitrogens with zero attached hydrogens (tertiary/aromatic N) is 1. The number of aryl methyl sites for hydroxylation is 1. The quantitative estimate of drug-likeness (QED) is 0.163. The van der Waals surface area contributed by atoms with Gasteiger partial charge in [0.05, 0.1) is 21.3 Å². The average molecular weight is 468 g/mol. The fourth-order valence-electron chi connectivity index (χ4n) is 4.08. The number of ether oxygens (including phenoxy) is 3. The van der Waals surface area contributed by atoms with Gasteiger partial charge in [-0.3, -0.25) is 4.79 Å². The van der Waals surface area contributed by atoms with Gasteiger partial charge in [0.2, 0.25) is 5.75 Å². The number of hydrogen-bond donors (Lipinski definition) is 0. The van der Waals surface area contributed by atoms with Crippen molar-refractivity contribution in [3.05, 3.63) is 101 Å². The maximum atomic E-state index is 12.7. The Labute approximate surface area is 205 Å². The van der Waals surface area contributed by atoms with Gasteiger partial charge >= 0.3 is 0 Å². The first kappa shape index (κ1) is 23.9. The van der Waals surface area contributed by atoms with Crippen molar-refractivity contribution in [1.29, 1.82) is 0 Å². The van der Waals surface area contributed by atoms with Gasteiger partial charge in [0.1, 0.15) is 0 Å². The van der Waals surface area contributed by atoms with Gasteiger partial charge in [-0.05, 0) is 47.4 Å². The third kappa shape index (κ3) is 5.30. The molecule has 3 aromatic carbocycles. The Morgan fingerprint density at radius 3 is 2.17 bits per heavy atom. The van der Waals surface area contributed by atoms with E-state index in [0.29, 0.717) is 23.7 Å². The number of rotatable bonds is 9. The van der Waals surface area contributed by atoms with E-state index in [1.807, 2.05) is 72.4 Å². The number of benzene rings is 3. The summed E-state index contributed by atoms with van der Waals surface area (Å²) in [5.74, 6) is 1.83. The van der Waals surface area contributed by atoms with Crippen molar-refractivity contribution in [3.63, 3.8) is 0 Å². The van der Waals surface area contributed by atoms with Crippen LogP contribution in [0, 0.1) is 0 Å². The highest BCUT2D eigenvalue weighted by Gasteiger charge is 2.12. The summed E-state index contributed by atoms with van der Waals surface area (Å²) in [6.45, 7) is 0. The Morgan fingerprint density at radius 1 is 0.857 bits per heavy atom. The lowest BCUT2D eigenvalue weighted by Crippen LogP contribution is -1.95. The summed E-state index contributed by atoms with van der Waals surface area (Å²) in [5.41, 5.74) is 4.93. The molecule has 0 fully saturated rings. The van der Waals surface area contributed by atoms with Crippen molar-refractivity contribution in [3.8, 4) is 17.2 Å². The van der Waals surface area contributed by atoms with Gasteiger partial charge in [0.15, 0.2) is 17.3 Å². The molecule has 1 aromatic heterocycles. The number of carbonyl (C=O) groups is 1. The zero-order valence-electron chi connectivity index (χ0n) is 20.4. The van der Waals surface area contributed by atoms with Crippen molar-refractivity contribution in [2.24, 2.45) is 7.05 Å². The molecule has 35 heavy (non-hydrogen) atoms. The molecule has 0 saturated carbocycles. The number of carbonyl (C=O) groups excluding carboxylic acids is 1. The number of hydrogen-bond acceptors (Lipinski definition) is 4. The largest absolute Gasteiger partial charge is 0.493 e. The van der Waals surface area contributed by atoms with Crippen molar-refractivity contribution >= 4 is 28.8 Å². The molecule has 0 atom stereocenters. The SMILES string of the molecule is COc1cc(/C=C\c2ccc(C/C=C\C(=O)c3cn(C)c4ccccc34)cc2)cc(OC)c1OC. The predicted octanol–water partition coefficient (Wildman–Crippen LogP) is 6.36. The van der Waals surface area contributed by atoms with E-state index in [0.717, 1.165) is 33.2 Å². The lowest BCUT2D eigenvalue weighted by molar-refractivity contribution is 0.104. The van der Waals surface area contributed by atoms with Crippen LogP contribution in [0.15, 0.2) is 79.0 Å². The summed E-state index contributed by atoms with van der Waals surface area (Å²) in [4.78, 5) is 12.7. The van der Waals surface area contributed by atoms with Crippen LogP contribution < -0.4 is 14.2 Å². The molecule has 0 radical (unpaired) electrons. The van der Waals surface area contributed by atoms with E-state index in [4.69, 9.17) is 14.2 Å². The Morgan fingerprint density at radius 2 is 1.51 bits per heavy atom. The summed E-state index contributed by atoms with van der Waals surface area (Å²) >= 11 is 0. The van der Waals surface area contributed by atoms with E-state index in [2.05, 4.69) is 24.3 Å². The number of aromatic nitrogens is 1. The van der Waals surface area contributed by atoms with Crippen LogP contribution in [0.1, 0.15) is 27.0 Å². The van der Waals surface area contributed by atoms with Crippen LogP contribution in [-0.4, -0.2) is 31.7 Å². The average Bonchev–Trinajstić information content (AvgIpc) is 3.24. The van der Waals surface area contributed by atoms with Crippen LogP contribution >= 0.6 is 0 Å². The standard InChI is InChI=1S/C30H29NO4/c1-31-20-25(24-9-5-6-10-26(24)31)27(32)11-7-8-21-12-14-22(15-13-21)16-17-23-18-28(33-2)30(35-4)29(19-23)34-3/h5-7,9-20H,8H2,1-4H3/b11-7-,17-16-. The van der Waals surface area contributed by atoms with E-state index in [1.54, 1.807) is 27.4 Å². The van der Waals surface area contributed by atoms with Crippen LogP contribution in [0.2, 0.25) is 0 Å². The second-order valence-electron chi connectivity index (χ2n) is 8.18. The minimum absolute atomic E-state index is 0.0201. The van der Waals surface area contributed by atoms with Gasteiger partial charge in [-0.1, -0.05) is 60.7 Å². The number of methoxy groups -OCH3 is 3. The molecule has 0 aliphatic rings. The van der Waals surface area contributed by atoms with Crippen molar-refractivity contribution in [2.45, 2.75) is 6.42 Å². The molecule has 5 heteroatoms. The summed E-state index contributed by atoms with van der Waals surface area (Å²) in [7, 11) is 6.76. The molecule has 0 saturated heterocycles. The van der Waals surface area contributed by atoms with Crippen molar-refractivity contribution in [2.75, 3.05) is 21.3 Å². The Bertz CT molecular complexity index is 1370. The smallest absolute Gasteiger partial charge is 0.203 e. The molecule has 4 rings (SSSR count). The van der Waals surface area contributed by atoms with Gasteiger partial charge in [-0.25, -0.2) is 0 Å². The summed E-state index contributed by atoms with van der Waals surface area (Å²) in [6, 6.07) is 20.0. The number of fused-ring (bicyclic) bond motifs is 1. The molecule has 0 bridgehead atoms. The minimum Gasteiger partial charge on any atom is -0.493 e. The number of ketones is 1. The molecule has 4 aromatic rings. The van der Waals surface area contributed by atoms with Gasteiger partial charge in [-0.15, -0.1) is 0 Å². The molecular formula is C30H29NO4. The van der Waals surface area contributed by atoms with Crippen LogP contribution in [0.4, 0.5) is 0 Å². The van der Waals surface area contributed by atoms with E-state index in [1.165, 1.54) is 0 Å². The molecule has 5 nitrogen and oxygen atoms in total. The second-order valence-corrected chi connectivity index (χ2v) is 8.18. The van der Waals surface area contributed by atoms with Gasteiger partial charge in [0, 0.05) is 29.7 Å². The second kappa shape index (κ2) is 10.8. The molecule has 0 aliphatic carbocycles. The van der Waals surface area contributed by atoms with Crippen LogP contribution in [-0.2, 0) is 13.5 Å². The lowest BCUT2D eigenvalue weighted by atomic mass is 10.1. The molecule has 1 heterocycles. The third-order valence-corrected chi connectivity index (χ3v) is 5.92. The van der Waals surface area contributed by atoms with Gasteiger partial charge in [0.25, 0.3) is 0 Å². The van der Waals surface area contributed by atoms with E-state index >= 15 is 0 Å². The molecule has 0 N–H and O–H groups in total. The zero-order chi connectivity index (χ0) is 24.8. The molecule has 0 aliphatic heterocycles. The summed E-state index contributed by atoms with van der Waals surface area (Å²) in [6.07, 6.45) is 10.2. The van der Waals surface area contributed by atoms with Gasteiger partial charge in [-0.2, -0.15) is 0 Å². The fourth-order valence-corrected chi connectivity index (χ4v) is 4.08. The Kier molecular flexibility index (Phi) is 7.36. The minimum atomic E-state index is 0.0201. The number of allylic oxidation sites excluding steroid dienone is 2.